The molecule has 1 aliphatic heterocycles. The summed E-state index contributed by atoms with van der Waals surface area (Å²) in [5, 5.41) is 2.13. The highest BCUT2D eigenvalue weighted by atomic mass is 19.1. The van der Waals surface area contributed by atoms with Crippen LogP contribution in [0.1, 0.15) is 19.4 Å². The maximum Gasteiger partial charge on any atom is 0.335 e. The maximum absolute atomic E-state index is 13.1. The standard InChI is InChI=1S/C20H17FN2O4/c1-12(2)27-17-6-4-3-5-13(17)11-16-18(24)22-20(26)23(19(16)25)15-9-7-14(21)8-10-15/h3-12H,1-2H3,(H,22,24,26)/b16-11+. The number of carbonyl (C=O) groups is 3. The van der Waals surface area contributed by atoms with E-state index in [-0.39, 0.29) is 17.4 Å². The lowest BCUT2D eigenvalue weighted by molar-refractivity contribution is -0.122. The van der Waals surface area contributed by atoms with Gasteiger partial charge in [-0.2, -0.15) is 0 Å². The Morgan fingerprint density at radius 3 is 2.37 bits per heavy atom. The van der Waals surface area contributed by atoms with Gasteiger partial charge < -0.3 is 4.74 Å². The average molecular weight is 368 g/mol. The van der Waals surface area contributed by atoms with Crippen LogP contribution in [-0.4, -0.2) is 23.9 Å². The van der Waals surface area contributed by atoms with Crippen molar-refractivity contribution < 1.29 is 23.5 Å². The minimum Gasteiger partial charge on any atom is -0.490 e. The van der Waals surface area contributed by atoms with Crippen LogP contribution in [0.3, 0.4) is 0 Å². The van der Waals surface area contributed by atoms with Crippen molar-refractivity contribution in [3.63, 3.8) is 0 Å². The Morgan fingerprint density at radius 1 is 1.04 bits per heavy atom. The number of hydrogen-bond donors (Lipinski definition) is 1. The van der Waals surface area contributed by atoms with E-state index in [9.17, 15) is 18.8 Å². The van der Waals surface area contributed by atoms with Gasteiger partial charge in [-0.1, -0.05) is 18.2 Å². The number of nitrogens with one attached hydrogen (secondary N) is 1. The number of nitrogens with zero attached hydrogens (tertiary/aromatic N) is 1. The summed E-state index contributed by atoms with van der Waals surface area (Å²) in [4.78, 5) is 38.0. The number of ether oxygens (including phenoxy) is 1. The molecule has 0 unspecified atom stereocenters. The number of carbonyl (C=O) groups excluding carboxylic acids is 3. The van der Waals surface area contributed by atoms with Crippen molar-refractivity contribution in [2.45, 2.75) is 20.0 Å². The molecule has 138 valence electrons. The number of imide groups is 2. The van der Waals surface area contributed by atoms with Gasteiger partial charge in [-0.15, -0.1) is 0 Å². The molecule has 1 heterocycles. The number of barbiturate groups is 1. The van der Waals surface area contributed by atoms with Gasteiger partial charge in [0.1, 0.15) is 17.1 Å². The van der Waals surface area contributed by atoms with Crippen LogP contribution in [0.4, 0.5) is 14.9 Å². The molecule has 1 aliphatic rings. The molecule has 3 rings (SSSR count). The fourth-order valence-corrected chi connectivity index (χ4v) is 2.60. The smallest absolute Gasteiger partial charge is 0.335 e. The van der Waals surface area contributed by atoms with Crippen LogP contribution in [0.5, 0.6) is 5.75 Å². The molecule has 4 amide bonds. The van der Waals surface area contributed by atoms with Crippen molar-refractivity contribution in [1.82, 2.24) is 5.32 Å². The zero-order chi connectivity index (χ0) is 19.6. The van der Waals surface area contributed by atoms with Crippen molar-refractivity contribution in [2.75, 3.05) is 4.90 Å². The van der Waals surface area contributed by atoms with Gasteiger partial charge in [-0.25, -0.2) is 14.1 Å². The molecule has 0 saturated carbocycles. The zero-order valence-corrected chi connectivity index (χ0v) is 14.7. The first kappa shape index (κ1) is 18.3. The first-order valence-electron chi connectivity index (χ1n) is 8.29. The highest BCUT2D eigenvalue weighted by Gasteiger charge is 2.36. The molecule has 0 aliphatic carbocycles. The van der Waals surface area contributed by atoms with Crippen LogP contribution in [0.2, 0.25) is 0 Å². The van der Waals surface area contributed by atoms with Crippen molar-refractivity contribution in [3.8, 4) is 5.75 Å². The molecule has 1 fully saturated rings. The van der Waals surface area contributed by atoms with Crippen LogP contribution >= 0.6 is 0 Å². The minimum absolute atomic E-state index is 0.0993. The molecular weight excluding hydrogens is 351 g/mol. The molecule has 0 atom stereocenters. The maximum atomic E-state index is 13.1. The summed E-state index contributed by atoms with van der Waals surface area (Å²) in [5.74, 6) is -1.60. The van der Waals surface area contributed by atoms with E-state index in [0.717, 1.165) is 17.0 Å². The number of hydrogen-bond acceptors (Lipinski definition) is 4. The van der Waals surface area contributed by atoms with Crippen LogP contribution in [0.25, 0.3) is 6.08 Å². The lowest BCUT2D eigenvalue weighted by Crippen LogP contribution is -2.54. The van der Waals surface area contributed by atoms with E-state index < -0.39 is 23.7 Å². The third kappa shape index (κ3) is 3.87. The summed E-state index contributed by atoms with van der Waals surface area (Å²) in [6, 6.07) is 10.9. The lowest BCUT2D eigenvalue weighted by atomic mass is 10.1. The first-order chi connectivity index (χ1) is 12.9. The fourth-order valence-electron chi connectivity index (χ4n) is 2.60. The summed E-state index contributed by atoms with van der Waals surface area (Å²) in [5.41, 5.74) is 0.459. The van der Waals surface area contributed by atoms with Crippen molar-refractivity contribution >= 4 is 29.6 Å². The van der Waals surface area contributed by atoms with Crippen molar-refractivity contribution in [2.24, 2.45) is 0 Å². The lowest BCUT2D eigenvalue weighted by Gasteiger charge is -2.26. The second-order valence-electron chi connectivity index (χ2n) is 6.14. The molecule has 0 bridgehead atoms. The molecule has 6 nitrogen and oxygen atoms in total. The van der Waals surface area contributed by atoms with Gasteiger partial charge in [0.15, 0.2) is 0 Å². The summed E-state index contributed by atoms with van der Waals surface area (Å²) in [6.45, 7) is 3.72. The SMILES string of the molecule is CC(C)Oc1ccccc1/C=C1\C(=O)NC(=O)N(c2ccc(F)cc2)C1=O. The van der Waals surface area contributed by atoms with E-state index in [0.29, 0.717) is 11.3 Å². The number of urea groups is 1. The molecule has 7 heteroatoms. The minimum atomic E-state index is -0.888. The second-order valence-corrected chi connectivity index (χ2v) is 6.14. The van der Waals surface area contributed by atoms with Crippen molar-refractivity contribution in [1.29, 1.82) is 0 Å². The molecule has 0 radical (unpaired) electrons. The van der Waals surface area contributed by atoms with Crippen LogP contribution in [0.15, 0.2) is 54.1 Å². The Labute approximate surface area is 155 Å². The van der Waals surface area contributed by atoms with E-state index in [4.69, 9.17) is 4.74 Å². The number of para-hydroxylation sites is 1. The third-order valence-corrected chi connectivity index (χ3v) is 3.77. The molecule has 1 N–H and O–H groups in total. The molecule has 1 saturated heterocycles. The van der Waals surface area contributed by atoms with Gasteiger partial charge >= 0.3 is 6.03 Å². The summed E-state index contributed by atoms with van der Waals surface area (Å²) in [7, 11) is 0. The highest BCUT2D eigenvalue weighted by Crippen LogP contribution is 2.26. The fraction of sp³-hybridized carbons (Fsp3) is 0.150. The quantitative estimate of drug-likeness (QED) is 0.664. The van der Waals surface area contributed by atoms with E-state index in [2.05, 4.69) is 5.32 Å². The molecular formula is C20H17FN2O4. The van der Waals surface area contributed by atoms with Gasteiger partial charge in [-0.3, -0.25) is 14.9 Å². The number of halogens is 1. The molecule has 0 spiro atoms. The van der Waals surface area contributed by atoms with Crippen LogP contribution in [0, 0.1) is 5.82 Å². The van der Waals surface area contributed by atoms with Gasteiger partial charge in [-0.05, 0) is 50.3 Å². The monoisotopic (exact) mass is 368 g/mol. The largest absolute Gasteiger partial charge is 0.490 e. The Morgan fingerprint density at radius 2 is 1.70 bits per heavy atom. The van der Waals surface area contributed by atoms with E-state index in [1.165, 1.54) is 18.2 Å². The predicted octanol–water partition coefficient (Wildman–Crippen LogP) is 3.28. The Balaban J connectivity index is 2.01. The summed E-state index contributed by atoms with van der Waals surface area (Å²) >= 11 is 0. The zero-order valence-electron chi connectivity index (χ0n) is 14.7. The first-order valence-corrected chi connectivity index (χ1v) is 8.29. The van der Waals surface area contributed by atoms with Gasteiger partial charge in [0.2, 0.25) is 0 Å². The van der Waals surface area contributed by atoms with Crippen LogP contribution in [-0.2, 0) is 9.59 Å². The van der Waals surface area contributed by atoms with Crippen molar-refractivity contribution in [3.05, 3.63) is 65.5 Å². The van der Waals surface area contributed by atoms with Crippen LogP contribution < -0.4 is 15.0 Å². The summed E-state index contributed by atoms with van der Waals surface area (Å²) in [6.07, 6.45) is 1.27. The topological polar surface area (TPSA) is 75.7 Å². The normalized spacial score (nSPS) is 16.1. The number of benzene rings is 2. The Kier molecular flexibility index (Phi) is 5.03. The molecule has 0 aromatic heterocycles. The Hall–Kier alpha value is -3.48. The van der Waals surface area contributed by atoms with Gasteiger partial charge in [0.25, 0.3) is 11.8 Å². The van der Waals surface area contributed by atoms with E-state index in [1.54, 1.807) is 24.3 Å². The van der Waals surface area contributed by atoms with Gasteiger partial charge in [0.05, 0.1) is 11.8 Å². The highest BCUT2D eigenvalue weighted by molar-refractivity contribution is 6.39. The summed E-state index contributed by atoms with van der Waals surface area (Å²) < 4.78 is 18.8. The van der Waals surface area contributed by atoms with Gasteiger partial charge in [0, 0.05) is 5.56 Å². The molecule has 2 aromatic carbocycles. The van der Waals surface area contributed by atoms with E-state index >= 15 is 0 Å². The predicted molar refractivity (Wildman–Crippen MR) is 97.6 cm³/mol. The number of rotatable bonds is 4. The molecule has 27 heavy (non-hydrogen) atoms. The number of amides is 4. The third-order valence-electron chi connectivity index (χ3n) is 3.77. The average Bonchev–Trinajstić information content (AvgIpc) is 2.61. The second kappa shape index (κ2) is 7.41. The Bertz CT molecular complexity index is 935. The van der Waals surface area contributed by atoms with E-state index in [1.807, 2.05) is 13.8 Å². The molecule has 2 aromatic rings. The number of anilines is 1.